The molecule has 1 saturated heterocycles. The van der Waals surface area contributed by atoms with Gasteiger partial charge in [0.1, 0.15) is 0 Å². The molecule has 1 aliphatic rings. The van der Waals surface area contributed by atoms with Crippen LogP contribution in [0.1, 0.15) is 24.0 Å². The molecule has 3 rings (SSSR count). The van der Waals surface area contributed by atoms with E-state index in [1.54, 1.807) is 0 Å². The van der Waals surface area contributed by atoms with Crippen LogP contribution in [0.4, 0.5) is 0 Å². The van der Waals surface area contributed by atoms with E-state index >= 15 is 0 Å². The molecule has 1 fully saturated rings. The van der Waals surface area contributed by atoms with Crippen molar-refractivity contribution in [1.29, 1.82) is 0 Å². The Hall–Kier alpha value is -1.68. The number of rotatable bonds is 5. The number of benzene rings is 2. The van der Waals surface area contributed by atoms with E-state index in [0.717, 1.165) is 32.5 Å². The molecule has 0 aliphatic carbocycles. The Morgan fingerprint density at radius 2 is 1.55 bits per heavy atom. The van der Waals surface area contributed by atoms with E-state index in [1.807, 2.05) is 0 Å². The van der Waals surface area contributed by atoms with Gasteiger partial charge in [0.2, 0.25) is 0 Å². The van der Waals surface area contributed by atoms with Gasteiger partial charge in [0, 0.05) is 24.7 Å². The fraction of sp³-hybridized carbons (Fsp3) is 0.368. The van der Waals surface area contributed by atoms with Crippen molar-refractivity contribution in [3.8, 4) is 0 Å². The molecular formula is C19H24N2O. The van der Waals surface area contributed by atoms with Crippen LogP contribution in [-0.4, -0.2) is 19.3 Å². The summed E-state index contributed by atoms with van der Waals surface area (Å²) in [5.74, 6) is 5.98. The summed E-state index contributed by atoms with van der Waals surface area (Å²) < 4.78 is 5.62. The van der Waals surface area contributed by atoms with Crippen LogP contribution in [0.15, 0.2) is 60.7 Å². The average Bonchev–Trinajstić information content (AvgIpc) is 2.62. The number of nitrogens with one attached hydrogen (secondary N) is 1. The zero-order valence-electron chi connectivity index (χ0n) is 12.9. The van der Waals surface area contributed by atoms with Gasteiger partial charge >= 0.3 is 0 Å². The third kappa shape index (κ3) is 3.07. The van der Waals surface area contributed by atoms with Gasteiger partial charge in [-0.25, -0.2) is 0 Å². The number of ether oxygens (including phenoxy) is 1. The Morgan fingerprint density at radius 3 is 2.14 bits per heavy atom. The summed E-state index contributed by atoms with van der Waals surface area (Å²) in [6.07, 6.45) is 2.92. The van der Waals surface area contributed by atoms with Crippen LogP contribution in [0.25, 0.3) is 0 Å². The van der Waals surface area contributed by atoms with Crippen LogP contribution in [0.3, 0.4) is 0 Å². The highest BCUT2D eigenvalue weighted by Gasteiger charge is 2.41. The Balaban J connectivity index is 1.93. The van der Waals surface area contributed by atoms with Crippen LogP contribution in [0.2, 0.25) is 0 Å². The van der Waals surface area contributed by atoms with Gasteiger partial charge in [-0.3, -0.25) is 11.3 Å². The molecule has 0 spiro atoms. The molecule has 0 saturated carbocycles. The topological polar surface area (TPSA) is 47.3 Å². The minimum atomic E-state index is 0.0318. The largest absolute Gasteiger partial charge is 0.381 e. The van der Waals surface area contributed by atoms with Crippen LogP contribution < -0.4 is 11.3 Å². The Morgan fingerprint density at radius 1 is 0.955 bits per heavy atom. The number of hydrogen-bond acceptors (Lipinski definition) is 3. The van der Waals surface area contributed by atoms with Crippen molar-refractivity contribution in [3.05, 3.63) is 71.8 Å². The van der Waals surface area contributed by atoms with E-state index in [1.165, 1.54) is 11.1 Å². The molecule has 0 amide bonds. The normalized spacial score (nSPS) is 18.8. The van der Waals surface area contributed by atoms with Crippen LogP contribution in [-0.2, 0) is 16.6 Å². The fourth-order valence-corrected chi connectivity index (χ4v) is 3.61. The Kier molecular flexibility index (Phi) is 4.88. The highest BCUT2D eigenvalue weighted by molar-refractivity contribution is 5.30. The molecule has 2 aromatic carbocycles. The van der Waals surface area contributed by atoms with Gasteiger partial charge in [-0.1, -0.05) is 60.7 Å². The maximum absolute atomic E-state index is 5.98. The summed E-state index contributed by atoms with van der Waals surface area (Å²) in [7, 11) is 0. The molecule has 0 bridgehead atoms. The molecule has 22 heavy (non-hydrogen) atoms. The number of hydrazine groups is 1. The van der Waals surface area contributed by atoms with Crippen LogP contribution >= 0.6 is 0 Å². The first-order chi connectivity index (χ1) is 10.8. The summed E-state index contributed by atoms with van der Waals surface area (Å²) in [5.41, 5.74) is 5.81. The monoisotopic (exact) mass is 296 g/mol. The smallest absolute Gasteiger partial charge is 0.0475 e. The van der Waals surface area contributed by atoms with Crippen molar-refractivity contribution in [3.63, 3.8) is 0 Å². The molecule has 0 aromatic heterocycles. The van der Waals surface area contributed by atoms with E-state index in [-0.39, 0.29) is 11.5 Å². The molecule has 0 radical (unpaired) electrons. The molecular weight excluding hydrogens is 272 g/mol. The highest BCUT2D eigenvalue weighted by Crippen LogP contribution is 2.39. The lowest BCUT2D eigenvalue weighted by Crippen LogP contribution is -2.54. The Labute approximate surface area is 132 Å². The van der Waals surface area contributed by atoms with Crippen molar-refractivity contribution < 1.29 is 4.74 Å². The van der Waals surface area contributed by atoms with Crippen molar-refractivity contribution in [1.82, 2.24) is 5.43 Å². The van der Waals surface area contributed by atoms with Crippen molar-refractivity contribution in [2.45, 2.75) is 30.7 Å². The molecule has 1 atom stereocenters. The third-order valence-electron chi connectivity index (χ3n) is 4.88. The lowest BCUT2D eigenvalue weighted by atomic mass is 9.67. The summed E-state index contributed by atoms with van der Waals surface area (Å²) in [5, 5.41) is 0. The molecule has 1 aliphatic heterocycles. The van der Waals surface area contributed by atoms with Gasteiger partial charge in [-0.05, 0) is 30.4 Å². The van der Waals surface area contributed by atoms with Gasteiger partial charge in [-0.15, -0.1) is 0 Å². The second kappa shape index (κ2) is 7.05. The van der Waals surface area contributed by atoms with Crippen LogP contribution in [0, 0.1) is 0 Å². The molecule has 2 aromatic rings. The van der Waals surface area contributed by atoms with E-state index in [9.17, 15) is 0 Å². The van der Waals surface area contributed by atoms with E-state index < -0.39 is 0 Å². The molecule has 3 N–H and O–H groups in total. The van der Waals surface area contributed by atoms with E-state index in [0.29, 0.717) is 0 Å². The SMILES string of the molecule is NNC(Cc1ccccc1)C1(c2ccccc2)CCOCC1. The standard InChI is InChI=1S/C19H24N2O/c20-21-18(15-16-7-3-1-4-8-16)19(11-13-22-14-12-19)17-9-5-2-6-10-17/h1-10,18,21H,11-15,20H2. The van der Waals surface area contributed by atoms with Gasteiger partial charge in [0.05, 0.1) is 0 Å². The van der Waals surface area contributed by atoms with E-state index in [4.69, 9.17) is 10.6 Å². The summed E-state index contributed by atoms with van der Waals surface area (Å²) in [6, 6.07) is 21.5. The summed E-state index contributed by atoms with van der Waals surface area (Å²) in [4.78, 5) is 0. The lowest BCUT2D eigenvalue weighted by molar-refractivity contribution is 0.0343. The lowest BCUT2D eigenvalue weighted by Gasteiger charge is -2.44. The minimum absolute atomic E-state index is 0.0318. The average molecular weight is 296 g/mol. The first-order valence-corrected chi connectivity index (χ1v) is 7.98. The molecule has 3 heteroatoms. The second-order valence-corrected chi connectivity index (χ2v) is 6.04. The maximum atomic E-state index is 5.98. The van der Waals surface area contributed by atoms with Gasteiger partial charge < -0.3 is 4.74 Å². The van der Waals surface area contributed by atoms with Crippen molar-refractivity contribution >= 4 is 0 Å². The quantitative estimate of drug-likeness (QED) is 0.659. The molecule has 3 nitrogen and oxygen atoms in total. The first-order valence-electron chi connectivity index (χ1n) is 7.98. The first kappa shape index (κ1) is 15.2. The predicted octanol–water partition coefficient (Wildman–Crippen LogP) is 2.81. The maximum Gasteiger partial charge on any atom is 0.0475 e. The van der Waals surface area contributed by atoms with Crippen molar-refractivity contribution in [2.75, 3.05) is 13.2 Å². The number of hydrogen-bond donors (Lipinski definition) is 2. The van der Waals surface area contributed by atoms with Gasteiger partial charge in [0.25, 0.3) is 0 Å². The van der Waals surface area contributed by atoms with Crippen molar-refractivity contribution in [2.24, 2.45) is 5.84 Å². The second-order valence-electron chi connectivity index (χ2n) is 6.04. The zero-order chi connectivity index (χ0) is 15.3. The van der Waals surface area contributed by atoms with E-state index in [2.05, 4.69) is 66.1 Å². The zero-order valence-corrected chi connectivity index (χ0v) is 12.9. The van der Waals surface area contributed by atoms with Gasteiger partial charge in [0.15, 0.2) is 0 Å². The highest BCUT2D eigenvalue weighted by atomic mass is 16.5. The van der Waals surface area contributed by atoms with Gasteiger partial charge in [-0.2, -0.15) is 0 Å². The number of nitrogens with two attached hydrogens (primary N) is 1. The third-order valence-corrected chi connectivity index (χ3v) is 4.88. The minimum Gasteiger partial charge on any atom is -0.381 e. The summed E-state index contributed by atoms with van der Waals surface area (Å²) >= 11 is 0. The molecule has 116 valence electrons. The predicted molar refractivity (Wildman–Crippen MR) is 89.4 cm³/mol. The molecule has 1 unspecified atom stereocenters. The summed E-state index contributed by atoms with van der Waals surface area (Å²) in [6.45, 7) is 1.59. The van der Waals surface area contributed by atoms with Crippen LogP contribution in [0.5, 0.6) is 0 Å². The Bertz CT molecular complexity index is 565. The molecule has 1 heterocycles. The fourth-order valence-electron chi connectivity index (χ4n) is 3.61.